The average Bonchev–Trinajstić information content (AvgIpc) is 2.54. The Hall–Kier alpha value is -2.67. The van der Waals surface area contributed by atoms with Crippen molar-refractivity contribution in [1.82, 2.24) is 0 Å². The first-order chi connectivity index (χ1) is 11.7. The number of hydrogen-bond acceptors (Lipinski definition) is 5. The smallest absolute Gasteiger partial charge is 0.339 e. The summed E-state index contributed by atoms with van der Waals surface area (Å²) in [5.41, 5.74) is 2.49. The maximum atomic E-state index is 12.1. The molecule has 0 saturated carbocycles. The minimum atomic E-state index is -3.58. The Balaban J connectivity index is 2.04. The van der Waals surface area contributed by atoms with Gasteiger partial charge in [-0.15, -0.1) is 0 Å². The predicted octanol–water partition coefficient (Wildman–Crippen LogP) is 2.50. The van der Waals surface area contributed by atoms with Gasteiger partial charge in [-0.25, -0.2) is 13.2 Å². The van der Waals surface area contributed by atoms with Gasteiger partial charge in [0.05, 0.1) is 10.5 Å². The van der Waals surface area contributed by atoms with Gasteiger partial charge < -0.3 is 10.1 Å². The number of carbonyl (C=O) groups is 2. The summed E-state index contributed by atoms with van der Waals surface area (Å²) in [4.78, 5) is 23.9. The van der Waals surface area contributed by atoms with Crippen LogP contribution < -0.4 is 5.32 Å². The van der Waals surface area contributed by atoms with E-state index in [1.165, 1.54) is 24.3 Å². The van der Waals surface area contributed by atoms with Crippen LogP contribution in [0.15, 0.2) is 47.4 Å². The van der Waals surface area contributed by atoms with E-state index in [4.69, 9.17) is 4.74 Å². The molecule has 0 radical (unpaired) electrons. The summed E-state index contributed by atoms with van der Waals surface area (Å²) in [5, 5.41) is 2.65. The van der Waals surface area contributed by atoms with Crippen LogP contribution in [0.4, 0.5) is 5.69 Å². The molecule has 0 aliphatic rings. The van der Waals surface area contributed by atoms with E-state index in [1.807, 2.05) is 26.0 Å². The lowest BCUT2D eigenvalue weighted by Crippen LogP contribution is -2.22. The lowest BCUT2D eigenvalue weighted by Gasteiger charge is -2.10. The number of anilines is 1. The van der Waals surface area contributed by atoms with Gasteiger partial charge in [0.25, 0.3) is 5.91 Å². The van der Waals surface area contributed by atoms with Crippen LogP contribution in [-0.4, -0.2) is 33.2 Å². The highest BCUT2D eigenvalue weighted by Crippen LogP contribution is 2.17. The number of carbonyl (C=O) groups excluding carboxylic acids is 2. The van der Waals surface area contributed by atoms with Crippen LogP contribution >= 0.6 is 0 Å². The van der Waals surface area contributed by atoms with Crippen LogP contribution in [0, 0.1) is 13.8 Å². The molecule has 25 heavy (non-hydrogen) atoms. The molecule has 0 bridgehead atoms. The third kappa shape index (κ3) is 4.90. The molecule has 6 nitrogen and oxygen atoms in total. The maximum absolute atomic E-state index is 12.1. The van der Waals surface area contributed by atoms with Crippen molar-refractivity contribution in [2.45, 2.75) is 18.7 Å². The number of benzene rings is 2. The topological polar surface area (TPSA) is 89.5 Å². The summed E-state index contributed by atoms with van der Waals surface area (Å²) in [7, 11) is -3.58. The lowest BCUT2D eigenvalue weighted by atomic mass is 10.1. The number of nitrogens with one attached hydrogen (secondary N) is 1. The maximum Gasteiger partial charge on any atom is 0.339 e. The fourth-order valence-corrected chi connectivity index (χ4v) is 3.18. The second-order valence-corrected chi connectivity index (χ2v) is 7.70. The van der Waals surface area contributed by atoms with Gasteiger partial charge in [0.2, 0.25) is 0 Å². The van der Waals surface area contributed by atoms with Gasteiger partial charge in [-0.1, -0.05) is 29.8 Å². The van der Waals surface area contributed by atoms with Gasteiger partial charge in [0, 0.05) is 11.9 Å². The van der Waals surface area contributed by atoms with E-state index in [9.17, 15) is 18.0 Å². The summed E-state index contributed by atoms with van der Waals surface area (Å²) in [6, 6.07) is 11.3. The highest BCUT2D eigenvalue weighted by Gasteiger charge is 2.20. The number of amides is 1. The fraction of sp³-hybridized carbons (Fsp3) is 0.222. The van der Waals surface area contributed by atoms with Crippen molar-refractivity contribution in [2.24, 2.45) is 0 Å². The molecule has 0 aromatic heterocycles. The minimum absolute atomic E-state index is 0.0932. The Morgan fingerprint density at radius 2 is 1.76 bits per heavy atom. The Kier molecular flexibility index (Phi) is 5.58. The molecule has 0 aliphatic carbocycles. The van der Waals surface area contributed by atoms with Crippen molar-refractivity contribution < 1.29 is 22.7 Å². The van der Waals surface area contributed by atoms with E-state index in [1.54, 1.807) is 6.07 Å². The molecule has 0 heterocycles. The summed E-state index contributed by atoms with van der Waals surface area (Å²) < 4.78 is 28.4. The third-order valence-corrected chi connectivity index (χ3v) is 4.65. The molecule has 0 unspecified atom stereocenters. The summed E-state index contributed by atoms with van der Waals surface area (Å²) >= 11 is 0. The highest BCUT2D eigenvalue weighted by atomic mass is 32.2. The van der Waals surface area contributed by atoms with E-state index in [2.05, 4.69) is 5.32 Å². The molecule has 2 rings (SSSR count). The standard InChI is InChI=1S/C18H19NO5S/c1-12-8-9-15(13(2)10-12)19-17(20)11-24-18(21)14-6-4-5-7-16(14)25(3,22)23/h4-10H,11H2,1-3H3,(H,19,20). The minimum Gasteiger partial charge on any atom is -0.452 e. The van der Waals surface area contributed by atoms with Crippen molar-refractivity contribution >= 4 is 27.4 Å². The zero-order valence-corrected chi connectivity index (χ0v) is 15.0. The van der Waals surface area contributed by atoms with Gasteiger partial charge in [0.15, 0.2) is 16.4 Å². The van der Waals surface area contributed by atoms with E-state index in [0.29, 0.717) is 5.69 Å². The zero-order chi connectivity index (χ0) is 18.6. The van der Waals surface area contributed by atoms with E-state index < -0.39 is 28.3 Å². The highest BCUT2D eigenvalue weighted by molar-refractivity contribution is 7.90. The van der Waals surface area contributed by atoms with Crippen molar-refractivity contribution in [3.8, 4) is 0 Å². The van der Waals surface area contributed by atoms with Crippen LogP contribution in [0.5, 0.6) is 0 Å². The van der Waals surface area contributed by atoms with Gasteiger partial charge in [-0.2, -0.15) is 0 Å². The summed E-state index contributed by atoms with van der Waals surface area (Å²) in [5.74, 6) is -1.37. The second-order valence-electron chi connectivity index (χ2n) is 5.71. The first kappa shape index (κ1) is 18.7. The number of rotatable bonds is 5. The molecule has 2 aromatic rings. The fourth-order valence-electron chi connectivity index (χ4n) is 2.31. The van der Waals surface area contributed by atoms with Gasteiger partial charge in [-0.05, 0) is 37.6 Å². The van der Waals surface area contributed by atoms with Crippen LogP contribution in [0.1, 0.15) is 21.5 Å². The zero-order valence-electron chi connectivity index (χ0n) is 14.2. The normalized spacial score (nSPS) is 11.0. The molecule has 0 spiro atoms. The quantitative estimate of drug-likeness (QED) is 0.827. The largest absolute Gasteiger partial charge is 0.452 e. The third-order valence-electron chi connectivity index (χ3n) is 3.50. The Labute approximate surface area is 146 Å². The van der Waals surface area contributed by atoms with Crippen molar-refractivity contribution in [3.63, 3.8) is 0 Å². The molecule has 2 aromatic carbocycles. The average molecular weight is 361 g/mol. The number of aryl methyl sites for hydroxylation is 2. The van der Waals surface area contributed by atoms with E-state index >= 15 is 0 Å². The number of hydrogen-bond donors (Lipinski definition) is 1. The Morgan fingerprint density at radius 1 is 1.08 bits per heavy atom. The van der Waals surface area contributed by atoms with E-state index in [0.717, 1.165) is 17.4 Å². The first-order valence-electron chi connectivity index (χ1n) is 7.52. The predicted molar refractivity (Wildman–Crippen MR) is 94.4 cm³/mol. The molecule has 1 amide bonds. The number of esters is 1. The molecular weight excluding hydrogens is 342 g/mol. The number of ether oxygens (including phenoxy) is 1. The van der Waals surface area contributed by atoms with Crippen LogP contribution in [0.25, 0.3) is 0 Å². The van der Waals surface area contributed by atoms with Crippen molar-refractivity contribution in [3.05, 3.63) is 59.2 Å². The first-order valence-corrected chi connectivity index (χ1v) is 9.41. The van der Waals surface area contributed by atoms with Gasteiger partial charge in [0.1, 0.15) is 0 Å². The molecule has 0 saturated heterocycles. The lowest BCUT2D eigenvalue weighted by molar-refractivity contribution is -0.119. The molecular formula is C18H19NO5S. The summed E-state index contributed by atoms with van der Waals surface area (Å²) in [6.45, 7) is 3.29. The molecule has 0 atom stereocenters. The summed E-state index contributed by atoms with van der Waals surface area (Å²) in [6.07, 6.45) is 1.01. The molecule has 0 fully saturated rings. The van der Waals surface area contributed by atoms with E-state index in [-0.39, 0.29) is 10.5 Å². The monoisotopic (exact) mass is 361 g/mol. The van der Waals surface area contributed by atoms with Crippen LogP contribution in [0.3, 0.4) is 0 Å². The molecule has 1 N–H and O–H groups in total. The van der Waals surface area contributed by atoms with Crippen molar-refractivity contribution in [2.75, 3.05) is 18.2 Å². The van der Waals surface area contributed by atoms with Gasteiger partial charge >= 0.3 is 5.97 Å². The Morgan fingerprint density at radius 3 is 2.40 bits per heavy atom. The SMILES string of the molecule is Cc1ccc(NC(=O)COC(=O)c2ccccc2S(C)(=O)=O)c(C)c1. The molecule has 7 heteroatoms. The van der Waals surface area contributed by atoms with Crippen molar-refractivity contribution in [1.29, 1.82) is 0 Å². The van der Waals surface area contributed by atoms with Crippen LogP contribution in [-0.2, 0) is 19.4 Å². The second kappa shape index (κ2) is 7.48. The Bertz CT molecular complexity index is 919. The van der Waals surface area contributed by atoms with Crippen LogP contribution in [0.2, 0.25) is 0 Å². The molecule has 0 aliphatic heterocycles. The van der Waals surface area contributed by atoms with Gasteiger partial charge in [-0.3, -0.25) is 4.79 Å². The molecule has 132 valence electrons. The number of sulfone groups is 1.